The average molecular weight is 344 g/mol. The Hall–Kier alpha value is -2.53. The van der Waals surface area contributed by atoms with Gasteiger partial charge in [-0.05, 0) is 37.0 Å². The number of rotatable bonds is 2. The Morgan fingerprint density at radius 2 is 1.92 bits per heavy atom. The molecule has 1 unspecified atom stereocenters. The summed E-state index contributed by atoms with van der Waals surface area (Å²) < 4.78 is 35.6. The molecule has 6 nitrogen and oxygen atoms in total. The first-order valence-corrected chi connectivity index (χ1v) is 8.11. The van der Waals surface area contributed by atoms with Crippen molar-refractivity contribution < 1.29 is 13.5 Å². The maximum absolute atomic E-state index is 13.6. The molecule has 1 aromatic carbocycles. The number of hydrogen-bond donors (Lipinski definition) is 0. The van der Waals surface area contributed by atoms with Crippen molar-refractivity contribution in [2.24, 2.45) is 5.41 Å². The summed E-state index contributed by atoms with van der Waals surface area (Å²) in [7, 11) is 0. The fraction of sp³-hybridized carbons (Fsp3) is 0.471. The van der Waals surface area contributed by atoms with E-state index < -0.39 is 17.7 Å². The van der Waals surface area contributed by atoms with Crippen LogP contribution in [0.3, 0.4) is 0 Å². The Kier molecular flexibility index (Phi) is 2.69. The number of hydrogen-bond acceptors (Lipinski definition) is 4. The van der Waals surface area contributed by atoms with Gasteiger partial charge in [0.1, 0.15) is 18.2 Å². The van der Waals surface area contributed by atoms with E-state index >= 15 is 0 Å². The van der Waals surface area contributed by atoms with Crippen molar-refractivity contribution in [2.45, 2.75) is 37.5 Å². The van der Waals surface area contributed by atoms with Gasteiger partial charge in [0.2, 0.25) is 0 Å². The highest BCUT2D eigenvalue weighted by Crippen LogP contribution is 2.70. The van der Waals surface area contributed by atoms with Crippen molar-refractivity contribution in [1.29, 1.82) is 5.26 Å². The first kappa shape index (κ1) is 14.8. The molecule has 4 aliphatic rings. The van der Waals surface area contributed by atoms with E-state index in [0.29, 0.717) is 30.7 Å². The van der Waals surface area contributed by atoms with Crippen LogP contribution in [0.5, 0.6) is 0 Å². The summed E-state index contributed by atoms with van der Waals surface area (Å²) in [5.74, 6) is -0.947. The molecule has 1 aliphatic heterocycles. The summed E-state index contributed by atoms with van der Waals surface area (Å²) in [5, 5.41) is 13.6. The van der Waals surface area contributed by atoms with Crippen molar-refractivity contribution >= 4 is 0 Å². The fourth-order valence-electron chi connectivity index (χ4n) is 4.57. The molecule has 1 aromatic heterocycles. The Morgan fingerprint density at radius 3 is 2.56 bits per heavy atom. The van der Waals surface area contributed by atoms with Gasteiger partial charge < -0.3 is 4.74 Å². The maximum Gasteiger partial charge on any atom is 0.347 e. The SMILES string of the molecule is N#CC12CC(n3nc4n(c3=O)C(c3cc(F)cc(F)c3)COC4)(C1)C2. The van der Waals surface area contributed by atoms with Crippen molar-refractivity contribution in [3.8, 4) is 6.07 Å². The van der Waals surface area contributed by atoms with E-state index in [1.807, 2.05) is 0 Å². The summed E-state index contributed by atoms with van der Waals surface area (Å²) >= 11 is 0. The first-order valence-electron chi connectivity index (χ1n) is 8.11. The van der Waals surface area contributed by atoms with Gasteiger partial charge in [0.05, 0.1) is 29.7 Å². The standard InChI is InChI=1S/C17H14F2N4O2/c18-11-1-10(2-12(19)3-11)13-4-25-5-14-21-23(15(24)22(13)14)17-6-16(7-17,8-17)9-20/h1-3,13H,4-8H2. The van der Waals surface area contributed by atoms with Gasteiger partial charge in [-0.3, -0.25) is 4.57 Å². The smallest absolute Gasteiger partial charge is 0.347 e. The van der Waals surface area contributed by atoms with Crippen LogP contribution in [0.1, 0.15) is 36.7 Å². The normalized spacial score (nSPS) is 32.3. The van der Waals surface area contributed by atoms with Crippen LogP contribution >= 0.6 is 0 Å². The highest BCUT2D eigenvalue weighted by molar-refractivity contribution is 5.29. The summed E-state index contributed by atoms with van der Waals surface area (Å²) in [5.41, 5.74) is -0.648. The lowest BCUT2D eigenvalue weighted by Crippen LogP contribution is -2.69. The molecule has 25 heavy (non-hydrogen) atoms. The molecular weight excluding hydrogens is 330 g/mol. The van der Waals surface area contributed by atoms with E-state index in [9.17, 15) is 13.6 Å². The third-order valence-electron chi connectivity index (χ3n) is 5.66. The number of fused-ring (bicyclic) bond motifs is 1. The Morgan fingerprint density at radius 1 is 1.24 bits per heavy atom. The lowest BCUT2D eigenvalue weighted by Gasteiger charge is -2.65. The predicted octanol–water partition coefficient (Wildman–Crippen LogP) is 1.85. The molecule has 128 valence electrons. The van der Waals surface area contributed by atoms with Gasteiger partial charge in [-0.25, -0.2) is 18.3 Å². The Bertz CT molecular complexity index is 963. The van der Waals surface area contributed by atoms with Crippen LogP contribution in [0.2, 0.25) is 0 Å². The summed E-state index contributed by atoms with van der Waals surface area (Å²) in [6.07, 6.45) is 1.90. The molecule has 3 aliphatic carbocycles. The summed E-state index contributed by atoms with van der Waals surface area (Å²) in [6, 6.07) is 4.91. The molecular formula is C17H14F2N4O2. The second-order valence-electron chi connectivity index (χ2n) is 7.36. The van der Waals surface area contributed by atoms with Crippen LogP contribution in [0.15, 0.2) is 23.0 Å². The van der Waals surface area contributed by atoms with E-state index in [2.05, 4.69) is 11.2 Å². The van der Waals surface area contributed by atoms with E-state index in [0.717, 1.165) is 6.07 Å². The molecule has 0 spiro atoms. The molecule has 2 aromatic rings. The van der Waals surface area contributed by atoms with Crippen LogP contribution in [0.4, 0.5) is 8.78 Å². The quantitative estimate of drug-likeness (QED) is 0.833. The molecule has 0 saturated heterocycles. The van der Waals surface area contributed by atoms with Gasteiger partial charge in [-0.1, -0.05) is 0 Å². The van der Waals surface area contributed by atoms with Gasteiger partial charge in [-0.2, -0.15) is 10.4 Å². The van der Waals surface area contributed by atoms with E-state index in [1.54, 1.807) is 0 Å². The molecule has 2 bridgehead atoms. The number of benzene rings is 1. The lowest BCUT2D eigenvalue weighted by molar-refractivity contribution is -0.155. The predicted molar refractivity (Wildman–Crippen MR) is 80.5 cm³/mol. The molecule has 0 N–H and O–H groups in total. The van der Waals surface area contributed by atoms with Crippen molar-refractivity contribution in [3.05, 3.63) is 51.7 Å². The van der Waals surface area contributed by atoms with Crippen LogP contribution in [0.25, 0.3) is 0 Å². The van der Waals surface area contributed by atoms with E-state index in [4.69, 9.17) is 10.00 Å². The number of aromatic nitrogens is 3. The molecule has 3 saturated carbocycles. The second-order valence-corrected chi connectivity index (χ2v) is 7.36. The number of halogens is 2. The van der Waals surface area contributed by atoms with Crippen LogP contribution in [0, 0.1) is 28.4 Å². The molecule has 3 fully saturated rings. The third kappa shape index (κ3) is 1.84. The topological polar surface area (TPSA) is 72.8 Å². The van der Waals surface area contributed by atoms with Crippen molar-refractivity contribution in [3.63, 3.8) is 0 Å². The lowest BCUT2D eigenvalue weighted by atomic mass is 9.40. The van der Waals surface area contributed by atoms with Crippen molar-refractivity contribution in [2.75, 3.05) is 6.61 Å². The highest BCUT2D eigenvalue weighted by Gasteiger charge is 2.71. The van der Waals surface area contributed by atoms with Gasteiger partial charge >= 0.3 is 5.69 Å². The number of nitrogens with zero attached hydrogens (tertiary/aromatic N) is 4. The zero-order chi connectivity index (χ0) is 17.4. The van der Waals surface area contributed by atoms with Gasteiger partial charge in [0, 0.05) is 6.07 Å². The first-order chi connectivity index (χ1) is 12.0. The molecule has 0 radical (unpaired) electrons. The monoisotopic (exact) mass is 344 g/mol. The van der Waals surface area contributed by atoms with Crippen LogP contribution in [-0.2, 0) is 16.9 Å². The average Bonchev–Trinajstić information content (AvgIpc) is 2.82. The zero-order valence-electron chi connectivity index (χ0n) is 13.2. The molecule has 2 heterocycles. The molecule has 0 amide bonds. The van der Waals surface area contributed by atoms with Crippen molar-refractivity contribution in [1.82, 2.24) is 14.3 Å². The van der Waals surface area contributed by atoms with Crippen LogP contribution in [-0.4, -0.2) is 21.0 Å². The minimum atomic E-state index is -0.696. The molecule has 1 atom stereocenters. The maximum atomic E-state index is 13.6. The van der Waals surface area contributed by atoms with Gasteiger partial charge in [0.25, 0.3) is 0 Å². The molecule has 8 heteroatoms. The van der Waals surface area contributed by atoms with Gasteiger partial charge in [0.15, 0.2) is 5.82 Å². The largest absolute Gasteiger partial charge is 0.371 e. The molecule has 6 rings (SSSR count). The second kappa shape index (κ2) is 4.55. The Labute approximate surface area is 141 Å². The zero-order valence-corrected chi connectivity index (χ0v) is 13.2. The Balaban J connectivity index is 1.58. The minimum Gasteiger partial charge on any atom is -0.371 e. The van der Waals surface area contributed by atoms with Gasteiger partial charge in [-0.15, -0.1) is 0 Å². The fourth-order valence-corrected chi connectivity index (χ4v) is 4.57. The van der Waals surface area contributed by atoms with E-state index in [-0.39, 0.29) is 29.9 Å². The third-order valence-corrected chi connectivity index (χ3v) is 5.66. The minimum absolute atomic E-state index is 0.149. The summed E-state index contributed by atoms with van der Waals surface area (Å²) in [4.78, 5) is 13.0. The van der Waals surface area contributed by atoms with Crippen LogP contribution < -0.4 is 5.69 Å². The number of ether oxygens (including phenoxy) is 1. The highest BCUT2D eigenvalue weighted by atomic mass is 19.1. The number of nitriles is 1. The van der Waals surface area contributed by atoms with E-state index in [1.165, 1.54) is 21.4 Å². The summed E-state index contributed by atoms with van der Waals surface area (Å²) in [6.45, 7) is 0.326.